The molecule has 46 heavy (non-hydrogen) atoms. The van der Waals surface area contributed by atoms with Gasteiger partial charge in [0.15, 0.2) is 0 Å². The van der Waals surface area contributed by atoms with E-state index in [9.17, 15) is 27.6 Å². The molecule has 12 nitrogen and oxygen atoms in total. The number of imide groups is 1. The number of hydrogen-bond acceptors (Lipinski definition) is 9. The lowest BCUT2D eigenvalue weighted by Gasteiger charge is -2.30. The second kappa shape index (κ2) is 14.7. The van der Waals surface area contributed by atoms with Crippen molar-refractivity contribution in [3.05, 3.63) is 59.7 Å². The first-order valence-corrected chi connectivity index (χ1v) is 17.0. The van der Waals surface area contributed by atoms with E-state index >= 15 is 0 Å². The first-order chi connectivity index (χ1) is 21.7. The fourth-order valence-corrected chi connectivity index (χ4v) is 7.26. The number of aryl methyl sites for hydroxylation is 1. The molecule has 2 saturated heterocycles. The number of nitrogens with zero attached hydrogens (tertiary/aromatic N) is 2. The molecule has 0 spiro atoms. The molecule has 250 valence electrons. The number of anilines is 1. The number of piperidine rings is 1. The van der Waals surface area contributed by atoms with Gasteiger partial charge in [0.05, 0.1) is 23.7 Å². The first kappa shape index (κ1) is 35.1. The van der Waals surface area contributed by atoms with Gasteiger partial charge >= 0.3 is 12.1 Å². The molecule has 2 aromatic rings. The molecule has 2 N–H and O–H groups in total. The number of benzene rings is 2. The summed E-state index contributed by atoms with van der Waals surface area (Å²) in [4.78, 5) is 54.0. The van der Waals surface area contributed by atoms with Crippen LogP contribution < -0.4 is 15.5 Å². The molecular weight excluding hydrogens is 612 g/mol. The van der Waals surface area contributed by atoms with E-state index in [2.05, 4.69) is 10.6 Å². The van der Waals surface area contributed by atoms with Crippen molar-refractivity contribution in [2.24, 2.45) is 0 Å². The molecule has 0 saturated carbocycles. The summed E-state index contributed by atoms with van der Waals surface area (Å²) in [5.74, 6) is -1.71. The highest BCUT2D eigenvalue weighted by molar-refractivity contribution is 7.89. The maximum Gasteiger partial charge on any atom is 0.421 e. The van der Waals surface area contributed by atoms with Crippen molar-refractivity contribution in [3.8, 4) is 0 Å². The molecule has 0 radical (unpaired) electrons. The molecule has 0 aliphatic carbocycles. The van der Waals surface area contributed by atoms with Crippen molar-refractivity contribution in [2.45, 2.75) is 94.8 Å². The lowest BCUT2D eigenvalue weighted by molar-refractivity contribution is -0.145. The van der Waals surface area contributed by atoms with Crippen LogP contribution in [0.1, 0.15) is 64.0 Å². The Kier molecular flexibility index (Phi) is 11.2. The normalized spacial score (nSPS) is 19.6. The highest BCUT2D eigenvalue weighted by atomic mass is 32.2. The molecule has 1 unspecified atom stereocenters. The van der Waals surface area contributed by atoms with Crippen LogP contribution in [0.2, 0.25) is 0 Å². The Morgan fingerprint density at radius 3 is 2.26 bits per heavy atom. The fraction of sp³-hybridized carbons (Fsp3) is 0.515. The Bertz CT molecular complexity index is 1510. The van der Waals surface area contributed by atoms with Crippen LogP contribution in [0.5, 0.6) is 0 Å². The van der Waals surface area contributed by atoms with Gasteiger partial charge in [0.2, 0.25) is 15.9 Å². The highest BCUT2D eigenvalue weighted by Gasteiger charge is 2.41. The minimum absolute atomic E-state index is 0.0285. The summed E-state index contributed by atoms with van der Waals surface area (Å²) < 4.78 is 38.4. The number of ether oxygens (including phenoxy) is 2. The van der Waals surface area contributed by atoms with Gasteiger partial charge in [-0.25, -0.2) is 22.9 Å². The maximum absolute atomic E-state index is 13.5. The average Bonchev–Trinajstić information content (AvgIpc) is 3.52. The summed E-state index contributed by atoms with van der Waals surface area (Å²) in [6.07, 6.45) is 2.45. The minimum atomic E-state index is -3.94. The van der Waals surface area contributed by atoms with Crippen molar-refractivity contribution in [1.82, 2.24) is 14.9 Å². The largest absolute Gasteiger partial charge is 0.467 e. The number of rotatable bonds is 9. The zero-order chi connectivity index (χ0) is 33.6. The number of nitrogens with one attached hydrogen (secondary N) is 2. The summed E-state index contributed by atoms with van der Waals surface area (Å²) in [7, 11) is -2.73. The zero-order valence-electron chi connectivity index (χ0n) is 27.1. The second-order valence-electron chi connectivity index (χ2n) is 12.7. The molecular formula is C33H44N4O8S. The van der Waals surface area contributed by atoms with Crippen molar-refractivity contribution in [1.29, 1.82) is 0 Å². The molecule has 2 aliphatic rings. The summed E-state index contributed by atoms with van der Waals surface area (Å²) in [5, 5.41) is 5.87. The summed E-state index contributed by atoms with van der Waals surface area (Å²) in [6.45, 7) is 7.88. The van der Waals surface area contributed by atoms with Gasteiger partial charge in [-0.2, -0.15) is 4.31 Å². The summed E-state index contributed by atoms with van der Waals surface area (Å²) >= 11 is 0. The van der Waals surface area contributed by atoms with E-state index in [0.29, 0.717) is 37.1 Å². The van der Waals surface area contributed by atoms with Gasteiger partial charge in [0.25, 0.3) is 5.91 Å². The molecule has 0 bridgehead atoms. The van der Waals surface area contributed by atoms with Gasteiger partial charge in [0, 0.05) is 13.0 Å². The second-order valence-corrected chi connectivity index (χ2v) is 14.6. The Hall–Kier alpha value is -3.81. The Morgan fingerprint density at radius 1 is 1.00 bits per heavy atom. The first-order valence-electron chi connectivity index (χ1n) is 15.6. The van der Waals surface area contributed by atoms with Crippen LogP contribution in [0.3, 0.4) is 0 Å². The van der Waals surface area contributed by atoms with Crippen LogP contribution >= 0.6 is 0 Å². The third-order valence-electron chi connectivity index (χ3n) is 7.98. The number of amides is 3. The smallest absolute Gasteiger partial charge is 0.421 e. The zero-order valence-corrected chi connectivity index (χ0v) is 27.9. The maximum atomic E-state index is 13.5. The van der Waals surface area contributed by atoms with Gasteiger partial charge in [-0.1, -0.05) is 36.2 Å². The van der Waals surface area contributed by atoms with E-state index in [-0.39, 0.29) is 17.9 Å². The molecule has 2 fully saturated rings. The highest BCUT2D eigenvalue weighted by Crippen LogP contribution is 2.27. The van der Waals surface area contributed by atoms with E-state index in [4.69, 9.17) is 9.47 Å². The minimum Gasteiger partial charge on any atom is -0.467 e. The molecule has 3 atom stereocenters. The van der Waals surface area contributed by atoms with Gasteiger partial charge in [-0.05, 0) is 89.8 Å². The molecule has 2 aromatic carbocycles. The van der Waals surface area contributed by atoms with Crippen LogP contribution in [0.4, 0.5) is 10.5 Å². The Balaban J connectivity index is 1.51. The van der Waals surface area contributed by atoms with Crippen molar-refractivity contribution in [3.63, 3.8) is 0 Å². The topological polar surface area (TPSA) is 151 Å². The van der Waals surface area contributed by atoms with Gasteiger partial charge in [0.1, 0.15) is 17.7 Å². The number of esters is 1. The van der Waals surface area contributed by atoms with Crippen molar-refractivity contribution in [2.75, 3.05) is 25.1 Å². The molecule has 0 aromatic heterocycles. The van der Waals surface area contributed by atoms with Gasteiger partial charge < -0.3 is 20.1 Å². The molecule has 13 heteroatoms. The predicted molar refractivity (Wildman–Crippen MR) is 172 cm³/mol. The standard InChI is InChI=1S/C33H44N4O8S/c1-22-11-17-25(18-12-22)46(42,43)36-20-8-10-28(36)29(38)35-27(31(40)44-5)21-23-13-15-24(16-14-23)37(32(41)45-33(2,3)4)30(39)26-9-6-7-19-34-26/h11-18,26-28,34H,6-10,19-21H2,1-5H3,(H,35,38)/t26?,27-,28-/m0/s1. The number of carbonyl (C=O) groups is 4. The van der Waals surface area contributed by atoms with E-state index in [1.54, 1.807) is 57.2 Å². The fourth-order valence-electron chi connectivity index (χ4n) is 5.60. The van der Waals surface area contributed by atoms with E-state index in [1.165, 1.54) is 23.5 Å². The van der Waals surface area contributed by atoms with Crippen molar-refractivity contribution >= 4 is 39.6 Å². The molecule has 4 rings (SSSR count). The van der Waals surface area contributed by atoms with E-state index < -0.39 is 57.6 Å². The van der Waals surface area contributed by atoms with Crippen molar-refractivity contribution < 1.29 is 37.1 Å². The SMILES string of the molecule is COC(=O)[C@H](Cc1ccc(N(C(=O)OC(C)(C)C)C(=O)C2CCCCN2)cc1)NC(=O)[C@@H]1CCCN1S(=O)(=O)c1ccc(C)cc1. The quantitative estimate of drug-likeness (QED) is 0.387. The molecule has 2 aliphatic heterocycles. The lowest BCUT2D eigenvalue weighted by atomic mass is 10.0. The number of hydrogen-bond donors (Lipinski definition) is 2. The van der Waals surface area contributed by atoms with Crippen LogP contribution in [-0.4, -0.2) is 80.5 Å². The molecule has 3 amide bonds. The number of methoxy groups -OCH3 is 1. The van der Waals surface area contributed by atoms with Gasteiger partial charge in [-0.15, -0.1) is 0 Å². The van der Waals surface area contributed by atoms with E-state index in [0.717, 1.165) is 23.3 Å². The number of sulfonamides is 1. The van der Waals surface area contributed by atoms with Crippen LogP contribution in [0, 0.1) is 6.92 Å². The third-order valence-corrected chi connectivity index (χ3v) is 9.90. The van der Waals surface area contributed by atoms with Crippen LogP contribution in [-0.2, 0) is 40.3 Å². The lowest BCUT2D eigenvalue weighted by Crippen LogP contribution is -2.52. The predicted octanol–water partition coefficient (Wildman–Crippen LogP) is 3.46. The third kappa shape index (κ3) is 8.51. The van der Waals surface area contributed by atoms with Gasteiger partial charge in [-0.3, -0.25) is 9.59 Å². The Labute approximate surface area is 270 Å². The number of carbonyl (C=O) groups excluding carboxylic acids is 4. The molecule has 2 heterocycles. The average molecular weight is 657 g/mol. The Morgan fingerprint density at radius 2 is 1.67 bits per heavy atom. The summed E-state index contributed by atoms with van der Waals surface area (Å²) in [5.41, 5.74) is 1.00. The van der Waals surface area contributed by atoms with Crippen LogP contribution in [0.15, 0.2) is 53.4 Å². The monoisotopic (exact) mass is 656 g/mol. The van der Waals surface area contributed by atoms with Crippen LogP contribution in [0.25, 0.3) is 0 Å². The van der Waals surface area contributed by atoms with E-state index in [1.807, 2.05) is 6.92 Å². The summed E-state index contributed by atoms with van der Waals surface area (Å²) in [6, 6.07) is 10.3.